The largest absolute Gasteiger partial charge is 0.326 e. The van der Waals surface area contributed by atoms with Crippen molar-refractivity contribution in [2.45, 2.75) is 34.1 Å². The van der Waals surface area contributed by atoms with Crippen LogP contribution in [0.5, 0.6) is 0 Å². The summed E-state index contributed by atoms with van der Waals surface area (Å²) in [6, 6.07) is 0. The van der Waals surface area contributed by atoms with E-state index < -0.39 is 0 Å². The Morgan fingerprint density at radius 3 is 1.64 bits per heavy atom. The van der Waals surface area contributed by atoms with Crippen molar-refractivity contribution in [3.8, 4) is 0 Å². The molecule has 0 atom stereocenters. The summed E-state index contributed by atoms with van der Waals surface area (Å²) in [5, 5.41) is 0. The van der Waals surface area contributed by atoms with Crippen LogP contribution in [0.4, 0.5) is 0 Å². The zero-order valence-corrected chi connectivity index (χ0v) is 11.5. The van der Waals surface area contributed by atoms with E-state index in [0.29, 0.717) is 0 Å². The first-order chi connectivity index (χ1) is 4.39. The van der Waals surface area contributed by atoms with E-state index in [9.17, 15) is 0 Å². The molecule has 0 bridgehead atoms. The quantitative estimate of drug-likeness (QED) is 0.583. The molecule has 0 amide bonds. The minimum atomic E-state index is 0. The van der Waals surface area contributed by atoms with E-state index in [1.807, 2.05) is 13.8 Å². The van der Waals surface area contributed by atoms with Crippen LogP contribution in [0.25, 0.3) is 0 Å². The molecule has 0 radical (unpaired) electrons. The van der Waals surface area contributed by atoms with E-state index in [0.717, 1.165) is 0 Å². The fourth-order valence-corrected chi connectivity index (χ4v) is 0.879. The molecule has 1 saturated heterocycles. The summed E-state index contributed by atoms with van der Waals surface area (Å²) in [4.78, 5) is 2.36. The Morgan fingerprint density at radius 1 is 1.09 bits per heavy atom. The van der Waals surface area contributed by atoms with Gasteiger partial charge in [-0.2, -0.15) is 12.8 Å². The monoisotopic (exact) mass is 382 g/mol. The molecule has 1 rings (SSSR count). The fourth-order valence-electron chi connectivity index (χ4n) is 0.879. The normalized spacial score (nSPS) is 16.6. The Morgan fingerprint density at radius 2 is 1.45 bits per heavy atom. The molecule has 1 fully saturated rings. The minimum Gasteiger partial charge on any atom is -0.326 e. The van der Waals surface area contributed by atoms with Crippen LogP contribution in [-0.2, 0) is 0 Å². The molecule has 0 saturated carbocycles. The van der Waals surface area contributed by atoms with Crippen LogP contribution in [0.2, 0.25) is 0 Å². The summed E-state index contributed by atoms with van der Waals surface area (Å²) in [6.45, 7) is 6.53. The van der Waals surface area contributed by atoms with Crippen LogP contribution in [0.1, 0.15) is 34.1 Å². The second-order valence-electron chi connectivity index (χ2n) is 2.17. The second-order valence-corrected chi connectivity index (χ2v) is 2.17. The van der Waals surface area contributed by atoms with Crippen LogP contribution in [0, 0.1) is 37.5 Å². The first-order valence-electron chi connectivity index (χ1n) is 3.90. The van der Waals surface area contributed by atoms with Gasteiger partial charge >= 0.3 is 0 Å². The van der Waals surface area contributed by atoms with Crippen molar-refractivity contribution in [3.63, 3.8) is 0 Å². The Bertz CT molecular complexity index is 51.5. The molecule has 0 unspecified atom stereocenters. The van der Waals surface area contributed by atoms with Crippen LogP contribution >= 0.6 is 0 Å². The fraction of sp³-hybridized carbons (Fsp3) is 0.889. The molecule has 0 aliphatic carbocycles. The van der Waals surface area contributed by atoms with Gasteiger partial charge in [-0.25, -0.2) is 0 Å². The summed E-state index contributed by atoms with van der Waals surface area (Å²) >= 11 is 0. The molecule has 11 heavy (non-hydrogen) atoms. The smallest absolute Gasteiger partial charge is 0 e. The summed E-state index contributed by atoms with van der Waals surface area (Å²) in [6.07, 6.45) is 4.94. The molecular weight excluding hydrogens is 360 g/mol. The van der Waals surface area contributed by atoms with Crippen LogP contribution < -0.4 is 0 Å². The number of hydrogen-bond acceptors (Lipinski definition) is 1. The van der Waals surface area contributed by atoms with E-state index >= 15 is 0 Å². The van der Waals surface area contributed by atoms with Crippen molar-refractivity contribution in [1.82, 2.24) is 4.90 Å². The predicted octanol–water partition coefficient (Wildman–Crippen LogP) is 2.58. The van der Waals surface area contributed by atoms with E-state index in [1.165, 1.54) is 25.9 Å². The molecule has 0 spiro atoms. The number of hydrogen-bond donors (Lipinski definition) is 0. The Hall–Kier alpha value is 1.01. The Labute approximate surface area is 96.3 Å². The van der Waals surface area contributed by atoms with Gasteiger partial charge in [-0.05, 0) is 20.1 Å². The van der Waals surface area contributed by atoms with Gasteiger partial charge in [0.1, 0.15) is 0 Å². The number of piperidine rings is 1. The zero-order chi connectivity index (χ0) is 7.11. The van der Waals surface area contributed by atoms with E-state index in [2.05, 4.69) is 18.4 Å². The maximum absolute atomic E-state index is 2.36. The van der Waals surface area contributed by atoms with Gasteiger partial charge in [-0.1, -0.05) is 21.3 Å². The Kier molecular flexibility index (Phi) is 22.2. The maximum Gasteiger partial charge on any atom is 0 e. The molecule has 0 aromatic heterocycles. The molecule has 1 aliphatic heterocycles. The minimum absolute atomic E-state index is 0. The van der Waals surface area contributed by atoms with Gasteiger partial charge in [-0.15, -0.1) is 0 Å². The average Bonchev–Trinajstić information content (AvgIpc) is 1.94. The van der Waals surface area contributed by atoms with Gasteiger partial charge in [-0.3, -0.25) is 0 Å². The maximum atomic E-state index is 2.36. The molecule has 1 heterocycles. The number of likely N-dealkylation sites (tertiary alicyclic amines) is 1. The third-order valence-electron chi connectivity index (χ3n) is 1.43. The third-order valence-corrected chi connectivity index (χ3v) is 1.43. The molecular formula is C9H22NU-. The van der Waals surface area contributed by atoms with Crippen LogP contribution in [0.15, 0.2) is 0 Å². The van der Waals surface area contributed by atoms with Crippen LogP contribution in [-0.4, -0.2) is 25.0 Å². The van der Waals surface area contributed by atoms with Gasteiger partial charge in [0, 0.05) is 31.1 Å². The molecule has 0 aromatic carbocycles. The van der Waals surface area contributed by atoms with E-state index in [4.69, 9.17) is 0 Å². The van der Waals surface area contributed by atoms with Gasteiger partial charge in [0.05, 0.1) is 0 Å². The second kappa shape index (κ2) is 13.6. The molecule has 0 N–H and O–H groups in total. The number of nitrogens with zero attached hydrogens (tertiary/aromatic N) is 1. The van der Waals surface area contributed by atoms with Crippen molar-refractivity contribution in [1.29, 1.82) is 0 Å². The van der Waals surface area contributed by atoms with Gasteiger partial charge < -0.3 is 11.3 Å². The summed E-state index contributed by atoms with van der Waals surface area (Å²) in [5.74, 6) is 0. The first-order valence-corrected chi connectivity index (χ1v) is 3.90. The van der Waals surface area contributed by atoms with E-state index in [1.54, 1.807) is 0 Å². The summed E-state index contributed by atoms with van der Waals surface area (Å²) in [7, 11) is 2.17. The van der Waals surface area contributed by atoms with Crippen molar-refractivity contribution in [2.24, 2.45) is 0 Å². The molecule has 2 heteroatoms. The van der Waals surface area contributed by atoms with Gasteiger partial charge in [0.25, 0.3) is 0 Å². The Balaban J connectivity index is -0.000000149. The third kappa shape index (κ3) is 11.0. The van der Waals surface area contributed by atoms with Crippen LogP contribution in [0.3, 0.4) is 0 Å². The predicted molar refractivity (Wildman–Crippen MR) is 49.1 cm³/mol. The zero-order valence-electron chi connectivity index (χ0n) is 7.35. The molecule has 68 valence electrons. The molecule has 1 aliphatic rings. The van der Waals surface area contributed by atoms with Crippen molar-refractivity contribution in [3.05, 3.63) is 6.42 Å². The SMILES string of the molecule is C.CC.CN1CC[CH-]CC1.[U]. The van der Waals surface area contributed by atoms with Gasteiger partial charge in [0.15, 0.2) is 0 Å². The average molecular weight is 382 g/mol. The standard InChI is InChI=1S/C6H12N.C2H6.CH4.U/c1-7-5-3-2-4-6-7;1-2;;/h2H,3-6H2,1H3;1-2H3;1H4;/q-1;;;. The summed E-state index contributed by atoms with van der Waals surface area (Å²) < 4.78 is 0. The molecule has 1 nitrogen and oxygen atoms in total. The molecule has 0 aromatic rings. The first kappa shape index (κ1) is 17.9. The van der Waals surface area contributed by atoms with Crippen molar-refractivity contribution in [2.75, 3.05) is 20.1 Å². The summed E-state index contributed by atoms with van der Waals surface area (Å²) in [5.41, 5.74) is 0. The topological polar surface area (TPSA) is 3.24 Å². The van der Waals surface area contributed by atoms with Crippen molar-refractivity contribution < 1.29 is 31.1 Å². The van der Waals surface area contributed by atoms with E-state index in [-0.39, 0.29) is 38.5 Å². The van der Waals surface area contributed by atoms with Gasteiger partial charge in [0.2, 0.25) is 0 Å². The van der Waals surface area contributed by atoms with Crippen molar-refractivity contribution >= 4 is 0 Å². The number of rotatable bonds is 0.